The van der Waals surface area contributed by atoms with Crippen LogP contribution in [0.5, 0.6) is 5.75 Å². The third-order valence-electron chi connectivity index (χ3n) is 3.29. The van der Waals surface area contributed by atoms with E-state index in [0.29, 0.717) is 0 Å². The van der Waals surface area contributed by atoms with Crippen molar-refractivity contribution in [2.45, 2.75) is 52.0 Å². The summed E-state index contributed by atoms with van der Waals surface area (Å²) in [7, 11) is 0. The van der Waals surface area contributed by atoms with Crippen molar-refractivity contribution >= 4 is 0 Å². The van der Waals surface area contributed by atoms with Crippen molar-refractivity contribution in [3.63, 3.8) is 0 Å². The summed E-state index contributed by atoms with van der Waals surface area (Å²) in [4.78, 5) is 0. The summed E-state index contributed by atoms with van der Waals surface area (Å²) >= 11 is 0. The summed E-state index contributed by atoms with van der Waals surface area (Å²) < 4.78 is 5.41. The molecule has 0 aliphatic carbocycles. The first kappa shape index (κ1) is 16.5. The fourth-order valence-corrected chi connectivity index (χ4v) is 2.15. The van der Waals surface area contributed by atoms with Gasteiger partial charge in [-0.25, -0.2) is 0 Å². The van der Waals surface area contributed by atoms with Crippen LogP contribution in [0.25, 0.3) is 0 Å². The normalized spacial score (nSPS) is 10.2. The minimum Gasteiger partial charge on any atom is -0.478 e. The Morgan fingerprint density at radius 2 is 1.85 bits per heavy atom. The molecule has 20 heavy (non-hydrogen) atoms. The Balaban J connectivity index is 2.17. The number of unbranched alkanes of at least 4 members (excludes halogenated alkanes) is 5. The van der Waals surface area contributed by atoms with E-state index in [0.717, 1.165) is 24.4 Å². The predicted molar refractivity (Wildman–Crippen MR) is 82.6 cm³/mol. The molecule has 0 aliphatic heterocycles. The van der Waals surface area contributed by atoms with E-state index < -0.39 is 0 Å². The van der Waals surface area contributed by atoms with E-state index in [4.69, 9.17) is 10.00 Å². The number of hydrogen-bond acceptors (Lipinski definition) is 3. The molecule has 110 valence electrons. The fourth-order valence-electron chi connectivity index (χ4n) is 2.15. The van der Waals surface area contributed by atoms with Crippen molar-refractivity contribution < 1.29 is 4.74 Å². The molecule has 0 aromatic heterocycles. The number of rotatable bonds is 11. The second-order valence-electron chi connectivity index (χ2n) is 5.00. The van der Waals surface area contributed by atoms with E-state index in [1.165, 1.54) is 38.5 Å². The zero-order chi connectivity index (χ0) is 14.5. The Hall–Kier alpha value is -1.53. The zero-order valence-electron chi connectivity index (χ0n) is 12.5. The molecule has 0 radical (unpaired) electrons. The molecule has 0 heterocycles. The standard InChI is InChI=1S/C17H26N2O/c1-2-3-4-5-6-9-13-19-15-16-10-7-8-11-17(16)20-14-12-18/h7-8,10-11,19H,2-6,9,13-15H2,1H3. The van der Waals surface area contributed by atoms with Gasteiger partial charge in [-0.15, -0.1) is 0 Å². The van der Waals surface area contributed by atoms with Crippen molar-refractivity contribution in [1.82, 2.24) is 5.32 Å². The van der Waals surface area contributed by atoms with E-state index in [1.54, 1.807) is 0 Å². The van der Waals surface area contributed by atoms with Crippen LogP contribution in [-0.2, 0) is 6.54 Å². The van der Waals surface area contributed by atoms with Gasteiger partial charge in [-0.3, -0.25) is 0 Å². The topological polar surface area (TPSA) is 45.0 Å². The lowest BCUT2D eigenvalue weighted by Crippen LogP contribution is -2.15. The van der Waals surface area contributed by atoms with Gasteiger partial charge in [0.05, 0.1) is 0 Å². The number of ether oxygens (including phenoxy) is 1. The Morgan fingerprint density at radius 3 is 2.65 bits per heavy atom. The molecule has 3 heteroatoms. The van der Waals surface area contributed by atoms with E-state index in [1.807, 2.05) is 30.3 Å². The minimum atomic E-state index is 0.106. The van der Waals surface area contributed by atoms with Gasteiger partial charge in [-0.1, -0.05) is 57.2 Å². The van der Waals surface area contributed by atoms with Crippen LogP contribution in [0.3, 0.4) is 0 Å². The summed E-state index contributed by atoms with van der Waals surface area (Å²) in [5, 5.41) is 12.0. The summed E-state index contributed by atoms with van der Waals surface area (Å²) in [6.45, 7) is 4.19. The maximum absolute atomic E-state index is 8.56. The highest BCUT2D eigenvalue weighted by Crippen LogP contribution is 2.17. The van der Waals surface area contributed by atoms with Gasteiger partial charge in [0.15, 0.2) is 6.61 Å². The highest BCUT2D eigenvalue weighted by molar-refractivity contribution is 5.33. The SMILES string of the molecule is CCCCCCCCNCc1ccccc1OCC#N. The lowest BCUT2D eigenvalue weighted by Gasteiger charge is -2.10. The molecular formula is C17H26N2O. The molecule has 0 spiro atoms. The average Bonchev–Trinajstić information content (AvgIpc) is 2.49. The van der Waals surface area contributed by atoms with E-state index >= 15 is 0 Å². The van der Waals surface area contributed by atoms with Crippen molar-refractivity contribution in [1.29, 1.82) is 5.26 Å². The molecule has 0 atom stereocenters. The smallest absolute Gasteiger partial charge is 0.174 e. The van der Waals surface area contributed by atoms with Crippen LogP contribution in [0, 0.1) is 11.3 Å². The first-order valence-electron chi connectivity index (χ1n) is 7.67. The number of hydrogen-bond donors (Lipinski definition) is 1. The van der Waals surface area contributed by atoms with Gasteiger partial charge in [0, 0.05) is 12.1 Å². The molecule has 1 aromatic carbocycles. The number of nitrogens with zero attached hydrogens (tertiary/aromatic N) is 1. The Labute approximate surface area is 123 Å². The zero-order valence-corrected chi connectivity index (χ0v) is 12.5. The fraction of sp³-hybridized carbons (Fsp3) is 0.588. The van der Waals surface area contributed by atoms with Crippen molar-refractivity contribution in [3.8, 4) is 11.8 Å². The third-order valence-corrected chi connectivity index (χ3v) is 3.29. The van der Waals surface area contributed by atoms with Crippen molar-refractivity contribution in [2.24, 2.45) is 0 Å². The number of nitrogens with one attached hydrogen (secondary N) is 1. The average molecular weight is 274 g/mol. The van der Waals surface area contributed by atoms with Crippen LogP contribution in [0.4, 0.5) is 0 Å². The second kappa shape index (κ2) is 11.3. The van der Waals surface area contributed by atoms with Gasteiger partial charge < -0.3 is 10.1 Å². The monoisotopic (exact) mass is 274 g/mol. The molecule has 0 unspecified atom stereocenters. The summed E-state index contributed by atoms with van der Waals surface area (Å²) in [5.74, 6) is 0.810. The molecule has 0 bridgehead atoms. The molecule has 0 aliphatic rings. The van der Waals surface area contributed by atoms with Gasteiger partial charge in [0.2, 0.25) is 0 Å². The van der Waals surface area contributed by atoms with E-state index in [9.17, 15) is 0 Å². The lowest BCUT2D eigenvalue weighted by atomic mass is 10.1. The van der Waals surface area contributed by atoms with Gasteiger partial charge >= 0.3 is 0 Å². The maximum atomic E-state index is 8.56. The molecule has 0 fully saturated rings. The van der Waals surface area contributed by atoms with Crippen LogP contribution >= 0.6 is 0 Å². The molecular weight excluding hydrogens is 248 g/mol. The lowest BCUT2D eigenvalue weighted by molar-refractivity contribution is 0.362. The van der Waals surface area contributed by atoms with Crippen LogP contribution in [0.1, 0.15) is 51.0 Å². The van der Waals surface area contributed by atoms with Gasteiger partial charge in [-0.2, -0.15) is 5.26 Å². The largest absolute Gasteiger partial charge is 0.478 e. The molecule has 0 saturated heterocycles. The Bertz CT molecular complexity index is 398. The van der Waals surface area contributed by atoms with Gasteiger partial charge in [-0.05, 0) is 19.0 Å². The number of nitriles is 1. The second-order valence-corrected chi connectivity index (χ2v) is 5.00. The number of para-hydroxylation sites is 1. The number of benzene rings is 1. The predicted octanol–water partition coefficient (Wildman–Crippen LogP) is 4.04. The van der Waals surface area contributed by atoms with E-state index in [2.05, 4.69) is 12.2 Å². The quantitative estimate of drug-likeness (QED) is 0.619. The first-order valence-corrected chi connectivity index (χ1v) is 7.67. The molecule has 1 aromatic rings. The summed E-state index contributed by atoms with van der Waals surface area (Å²) in [6, 6.07) is 9.90. The van der Waals surface area contributed by atoms with Crippen molar-refractivity contribution in [2.75, 3.05) is 13.2 Å². The van der Waals surface area contributed by atoms with E-state index in [-0.39, 0.29) is 6.61 Å². The summed E-state index contributed by atoms with van der Waals surface area (Å²) in [5.41, 5.74) is 1.12. The third kappa shape index (κ3) is 7.16. The highest BCUT2D eigenvalue weighted by Gasteiger charge is 2.01. The van der Waals surface area contributed by atoms with Crippen molar-refractivity contribution in [3.05, 3.63) is 29.8 Å². The highest BCUT2D eigenvalue weighted by atomic mass is 16.5. The Morgan fingerprint density at radius 1 is 1.10 bits per heavy atom. The van der Waals surface area contributed by atoms with Gasteiger partial charge in [0.25, 0.3) is 0 Å². The Kier molecular flexibility index (Phi) is 9.34. The molecule has 1 rings (SSSR count). The van der Waals surface area contributed by atoms with Crippen LogP contribution in [0.15, 0.2) is 24.3 Å². The molecule has 1 N–H and O–H groups in total. The van der Waals surface area contributed by atoms with Crippen LogP contribution in [-0.4, -0.2) is 13.2 Å². The molecule has 0 amide bonds. The first-order chi connectivity index (χ1) is 9.88. The van der Waals surface area contributed by atoms with Gasteiger partial charge in [0.1, 0.15) is 11.8 Å². The molecule has 0 saturated carbocycles. The summed E-state index contributed by atoms with van der Waals surface area (Å²) in [6.07, 6.45) is 7.90. The molecule has 3 nitrogen and oxygen atoms in total. The van der Waals surface area contributed by atoms with Crippen LogP contribution < -0.4 is 10.1 Å². The maximum Gasteiger partial charge on any atom is 0.174 e. The van der Waals surface area contributed by atoms with Crippen LogP contribution in [0.2, 0.25) is 0 Å². The minimum absolute atomic E-state index is 0.106.